The van der Waals surface area contributed by atoms with Crippen molar-refractivity contribution < 1.29 is 4.74 Å². The molecule has 0 aliphatic carbocycles. The minimum atomic E-state index is 0.176. The van der Waals surface area contributed by atoms with Crippen molar-refractivity contribution in [3.63, 3.8) is 0 Å². The van der Waals surface area contributed by atoms with Crippen LogP contribution in [0.5, 0.6) is 0 Å². The molecule has 1 aliphatic heterocycles. The number of alkyl halides is 1. The van der Waals surface area contributed by atoms with E-state index in [-0.39, 0.29) is 5.60 Å². The molecule has 0 radical (unpaired) electrons. The van der Waals surface area contributed by atoms with E-state index in [1.54, 1.807) is 0 Å². The second-order valence-corrected chi connectivity index (χ2v) is 4.84. The average Bonchev–Trinajstić information content (AvgIpc) is 2.90. The molecule has 1 fully saturated rings. The highest BCUT2D eigenvalue weighted by Gasteiger charge is 2.50. The van der Waals surface area contributed by atoms with Crippen molar-refractivity contribution in [1.29, 1.82) is 0 Å². The molecule has 0 saturated carbocycles. The predicted octanol–water partition coefficient (Wildman–Crippen LogP) is 3.21. The Morgan fingerprint density at radius 2 is 2.07 bits per heavy atom. The van der Waals surface area contributed by atoms with Gasteiger partial charge in [0.2, 0.25) is 0 Å². The Labute approximate surface area is 99.0 Å². The second kappa shape index (κ2) is 4.19. The first-order valence-electron chi connectivity index (χ1n) is 5.02. The number of rotatable bonds is 4. The third-order valence-corrected chi connectivity index (χ3v) is 4.35. The molecule has 2 heteroatoms. The molecule has 0 amide bonds. The lowest BCUT2D eigenvalue weighted by molar-refractivity contribution is 0.325. The van der Waals surface area contributed by atoms with Crippen LogP contribution in [0.1, 0.15) is 18.9 Å². The van der Waals surface area contributed by atoms with Crippen molar-refractivity contribution >= 4 is 22.6 Å². The van der Waals surface area contributed by atoms with Gasteiger partial charge in [-0.1, -0.05) is 52.9 Å². The third kappa shape index (κ3) is 2.28. The maximum Gasteiger partial charge on any atom is 0.101 e. The highest BCUT2D eigenvalue weighted by Crippen LogP contribution is 2.40. The minimum Gasteiger partial charge on any atom is -0.366 e. The highest BCUT2D eigenvalue weighted by atomic mass is 127. The van der Waals surface area contributed by atoms with Gasteiger partial charge < -0.3 is 4.74 Å². The van der Waals surface area contributed by atoms with Crippen molar-refractivity contribution in [2.24, 2.45) is 0 Å². The summed E-state index contributed by atoms with van der Waals surface area (Å²) < 4.78 is 6.77. The van der Waals surface area contributed by atoms with E-state index in [0.717, 1.165) is 17.3 Å². The summed E-state index contributed by atoms with van der Waals surface area (Å²) in [5, 5.41) is 0. The number of hydrogen-bond donors (Lipinski definition) is 0. The molecule has 76 valence electrons. The zero-order valence-electron chi connectivity index (χ0n) is 8.37. The SMILES string of the molecule is CC1(CI)OC1CCc1ccccc1. The first-order valence-corrected chi connectivity index (χ1v) is 6.55. The van der Waals surface area contributed by atoms with Crippen molar-refractivity contribution in [2.75, 3.05) is 4.43 Å². The first-order chi connectivity index (χ1) is 6.74. The Kier molecular flexibility index (Phi) is 3.12. The van der Waals surface area contributed by atoms with Gasteiger partial charge in [0.05, 0.1) is 6.10 Å². The zero-order chi connectivity index (χ0) is 10.0. The molecule has 0 N–H and O–H groups in total. The van der Waals surface area contributed by atoms with Crippen LogP contribution in [0.25, 0.3) is 0 Å². The lowest BCUT2D eigenvalue weighted by Gasteiger charge is -2.00. The van der Waals surface area contributed by atoms with Crippen LogP contribution in [0.15, 0.2) is 30.3 Å². The van der Waals surface area contributed by atoms with Crippen LogP contribution in [0.4, 0.5) is 0 Å². The van der Waals surface area contributed by atoms with E-state index in [4.69, 9.17) is 4.74 Å². The molecule has 2 rings (SSSR count). The number of epoxide rings is 1. The van der Waals surface area contributed by atoms with E-state index in [1.165, 1.54) is 5.56 Å². The summed E-state index contributed by atoms with van der Waals surface area (Å²) in [7, 11) is 0. The summed E-state index contributed by atoms with van der Waals surface area (Å²) in [6, 6.07) is 10.6. The Morgan fingerprint density at radius 3 is 2.64 bits per heavy atom. The number of benzene rings is 1. The minimum absolute atomic E-state index is 0.176. The van der Waals surface area contributed by atoms with Gasteiger partial charge in [-0.25, -0.2) is 0 Å². The molecule has 1 aliphatic rings. The zero-order valence-corrected chi connectivity index (χ0v) is 10.5. The molecule has 2 atom stereocenters. The van der Waals surface area contributed by atoms with E-state index in [1.807, 2.05) is 0 Å². The average molecular weight is 302 g/mol. The number of hydrogen-bond acceptors (Lipinski definition) is 1. The second-order valence-electron chi connectivity index (χ2n) is 4.08. The molecular weight excluding hydrogens is 287 g/mol. The summed E-state index contributed by atoms with van der Waals surface area (Å²) in [5.74, 6) is 0. The molecule has 1 saturated heterocycles. The summed E-state index contributed by atoms with van der Waals surface area (Å²) in [6.07, 6.45) is 2.78. The van der Waals surface area contributed by atoms with Gasteiger partial charge in [0.1, 0.15) is 5.60 Å². The maximum atomic E-state index is 5.67. The standard InChI is InChI=1S/C12H15IO/c1-12(9-13)11(14-12)8-7-10-5-3-2-4-6-10/h2-6,11H,7-9H2,1H3. The topological polar surface area (TPSA) is 12.5 Å². The van der Waals surface area contributed by atoms with Crippen molar-refractivity contribution in [1.82, 2.24) is 0 Å². The molecule has 1 nitrogen and oxygen atoms in total. The molecule has 0 spiro atoms. The maximum absolute atomic E-state index is 5.67. The van der Waals surface area contributed by atoms with E-state index in [9.17, 15) is 0 Å². The Balaban J connectivity index is 1.80. The molecule has 2 unspecified atom stereocenters. The van der Waals surface area contributed by atoms with Crippen LogP contribution >= 0.6 is 22.6 Å². The molecular formula is C12H15IO. The number of aryl methyl sites for hydroxylation is 1. The smallest absolute Gasteiger partial charge is 0.101 e. The summed E-state index contributed by atoms with van der Waals surface area (Å²) in [5.41, 5.74) is 1.59. The van der Waals surface area contributed by atoms with Gasteiger partial charge in [-0.2, -0.15) is 0 Å². The molecule has 1 aromatic carbocycles. The summed E-state index contributed by atoms with van der Waals surface area (Å²) in [4.78, 5) is 0. The third-order valence-electron chi connectivity index (χ3n) is 2.84. The predicted molar refractivity (Wildman–Crippen MR) is 66.9 cm³/mol. The number of halogens is 1. The van der Waals surface area contributed by atoms with Crippen LogP contribution in [0, 0.1) is 0 Å². The van der Waals surface area contributed by atoms with Gasteiger partial charge in [0.25, 0.3) is 0 Å². The van der Waals surface area contributed by atoms with Crippen LogP contribution < -0.4 is 0 Å². The van der Waals surface area contributed by atoms with Gasteiger partial charge in [-0.15, -0.1) is 0 Å². The van der Waals surface area contributed by atoms with Gasteiger partial charge in [-0.3, -0.25) is 0 Å². The van der Waals surface area contributed by atoms with Crippen molar-refractivity contribution in [3.05, 3.63) is 35.9 Å². The van der Waals surface area contributed by atoms with Crippen LogP contribution in [0.3, 0.4) is 0 Å². The molecule has 1 heterocycles. The van der Waals surface area contributed by atoms with E-state index < -0.39 is 0 Å². The fourth-order valence-electron chi connectivity index (χ4n) is 1.72. The molecule has 0 aromatic heterocycles. The Morgan fingerprint density at radius 1 is 1.36 bits per heavy atom. The van der Waals surface area contributed by atoms with Gasteiger partial charge >= 0.3 is 0 Å². The van der Waals surface area contributed by atoms with E-state index >= 15 is 0 Å². The molecule has 0 bridgehead atoms. The Hall–Kier alpha value is -0.0900. The van der Waals surface area contributed by atoms with Gasteiger partial charge in [-0.05, 0) is 25.3 Å². The largest absolute Gasteiger partial charge is 0.366 e. The first kappa shape index (κ1) is 10.4. The van der Waals surface area contributed by atoms with Crippen molar-refractivity contribution in [3.8, 4) is 0 Å². The quantitative estimate of drug-likeness (QED) is 0.473. The molecule has 14 heavy (non-hydrogen) atoms. The van der Waals surface area contributed by atoms with Gasteiger partial charge in [0.15, 0.2) is 0 Å². The van der Waals surface area contributed by atoms with E-state index in [0.29, 0.717) is 6.10 Å². The van der Waals surface area contributed by atoms with Crippen molar-refractivity contribution in [2.45, 2.75) is 31.5 Å². The fraction of sp³-hybridized carbons (Fsp3) is 0.500. The monoisotopic (exact) mass is 302 g/mol. The van der Waals surface area contributed by atoms with Crippen LogP contribution in [0.2, 0.25) is 0 Å². The lowest BCUT2D eigenvalue weighted by atomic mass is 10.0. The van der Waals surface area contributed by atoms with E-state index in [2.05, 4.69) is 59.8 Å². The van der Waals surface area contributed by atoms with Crippen LogP contribution in [-0.2, 0) is 11.2 Å². The summed E-state index contributed by atoms with van der Waals surface area (Å²) in [6.45, 7) is 2.20. The lowest BCUT2D eigenvalue weighted by Crippen LogP contribution is -2.11. The number of ether oxygens (including phenoxy) is 1. The van der Waals surface area contributed by atoms with Crippen LogP contribution in [-0.4, -0.2) is 16.1 Å². The molecule has 1 aromatic rings. The highest BCUT2D eigenvalue weighted by molar-refractivity contribution is 14.1. The van der Waals surface area contributed by atoms with Gasteiger partial charge in [0, 0.05) is 4.43 Å². The fourth-order valence-corrected chi connectivity index (χ4v) is 2.39. The normalized spacial score (nSPS) is 30.3. The Bertz CT molecular complexity index is 298. The summed E-state index contributed by atoms with van der Waals surface area (Å²) >= 11 is 2.40.